The normalized spacial score (nSPS) is 33.5. The summed E-state index contributed by atoms with van der Waals surface area (Å²) in [6.07, 6.45) is 9.65. The van der Waals surface area contributed by atoms with Crippen LogP contribution >= 0.6 is 0 Å². The van der Waals surface area contributed by atoms with E-state index >= 15 is 0 Å². The molecule has 0 amide bonds. The molecule has 3 heteroatoms. The number of ether oxygens (including phenoxy) is 1. The van der Waals surface area contributed by atoms with Gasteiger partial charge in [-0.1, -0.05) is 39.5 Å². The van der Waals surface area contributed by atoms with Crippen LogP contribution in [0.15, 0.2) is 0 Å². The van der Waals surface area contributed by atoms with Gasteiger partial charge in [0.2, 0.25) is 0 Å². The highest BCUT2D eigenvalue weighted by atomic mass is 16.5. The van der Waals surface area contributed by atoms with Crippen molar-refractivity contribution in [3.8, 4) is 0 Å². The van der Waals surface area contributed by atoms with Crippen molar-refractivity contribution in [2.24, 2.45) is 16.6 Å². The third-order valence-corrected chi connectivity index (χ3v) is 5.78. The fourth-order valence-electron chi connectivity index (χ4n) is 3.90. The van der Waals surface area contributed by atoms with Gasteiger partial charge in [0.25, 0.3) is 0 Å². The van der Waals surface area contributed by atoms with Gasteiger partial charge >= 0.3 is 0 Å². The zero-order valence-electron chi connectivity index (χ0n) is 13.0. The summed E-state index contributed by atoms with van der Waals surface area (Å²) >= 11 is 0. The smallest absolute Gasteiger partial charge is 0.0652 e. The highest BCUT2D eigenvalue weighted by Crippen LogP contribution is 2.43. The molecule has 2 unspecified atom stereocenters. The Bertz CT molecular complexity index is 282. The number of nitrogens with two attached hydrogens (primary N) is 1. The van der Waals surface area contributed by atoms with Crippen molar-refractivity contribution in [3.63, 3.8) is 0 Å². The summed E-state index contributed by atoms with van der Waals surface area (Å²) in [5.41, 5.74) is 6.72. The summed E-state index contributed by atoms with van der Waals surface area (Å²) in [6, 6.07) is 0.587. The Labute approximate surface area is 118 Å². The van der Waals surface area contributed by atoms with Gasteiger partial charge in [-0.25, -0.2) is 0 Å². The number of hydrogen-bond donors (Lipinski definition) is 2. The van der Waals surface area contributed by atoms with Crippen LogP contribution < -0.4 is 11.1 Å². The Kier molecular flexibility index (Phi) is 4.91. The standard InChI is InChI=1S/C16H32N2O/c1-15(2)13(10-14(15)19-3)18-12-16(11-17)8-6-4-5-7-9-16/h13-14,18H,4-12,17H2,1-3H3. The van der Waals surface area contributed by atoms with E-state index in [0.717, 1.165) is 19.5 Å². The van der Waals surface area contributed by atoms with E-state index in [4.69, 9.17) is 10.5 Å². The average Bonchev–Trinajstić information content (AvgIpc) is 2.64. The molecule has 112 valence electrons. The first-order valence-corrected chi connectivity index (χ1v) is 8.00. The number of methoxy groups -OCH3 is 1. The lowest BCUT2D eigenvalue weighted by atomic mass is 9.64. The zero-order valence-corrected chi connectivity index (χ0v) is 13.0. The van der Waals surface area contributed by atoms with Gasteiger partial charge in [-0.2, -0.15) is 0 Å². The maximum absolute atomic E-state index is 6.11. The summed E-state index contributed by atoms with van der Waals surface area (Å²) in [5, 5.41) is 3.80. The van der Waals surface area contributed by atoms with Crippen molar-refractivity contribution in [2.45, 2.75) is 70.9 Å². The van der Waals surface area contributed by atoms with Crippen LogP contribution in [0.1, 0.15) is 58.8 Å². The van der Waals surface area contributed by atoms with Crippen LogP contribution in [0.2, 0.25) is 0 Å². The van der Waals surface area contributed by atoms with Crippen LogP contribution in [0.3, 0.4) is 0 Å². The van der Waals surface area contributed by atoms with Crippen LogP contribution in [0.4, 0.5) is 0 Å². The highest BCUT2D eigenvalue weighted by molar-refractivity contribution is 5.03. The van der Waals surface area contributed by atoms with E-state index in [1.54, 1.807) is 0 Å². The summed E-state index contributed by atoms with van der Waals surface area (Å²) < 4.78 is 5.53. The molecule has 0 radical (unpaired) electrons. The maximum atomic E-state index is 6.11. The Morgan fingerprint density at radius 1 is 1.16 bits per heavy atom. The number of hydrogen-bond acceptors (Lipinski definition) is 3. The second kappa shape index (κ2) is 6.11. The number of rotatable bonds is 5. The van der Waals surface area contributed by atoms with Crippen molar-refractivity contribution in [3.05, 3.63) is 0 Å². The summed E-state index contributed by atoms with van der Waals surface area (Å²) in [7, 11) is 1.83. The van der Waals surface area contributed by atoms with E-state index in [1.165, 1.54) is 38.5 Å². The molecule has 0 heterocycles. The minimum Gasteiger partial charge on any atom is -0.381 e. The van der Waals surface area contributed by atoms with Crippen LogP contribution in [-0.2, 0) is 4.74 Å². The molecule has 2 rings (SSSR count). The third-order valence-electron chi connectivity index (χ3n) is 5.78. The molecule has 0 bridgehead atoms. The molecular weight excluding hydrogens is 236 g/mol. The van der Waals surface area contributed by atoms with Gasteiger partial charge in [-0.15, -0.1) is 0 Å². The van der Waals surface area contributed by atoms with E-state index < -0.39 is 0 Å². The van der Waals surface area contributed by atoms with E-state index in [-0.39, 0.29) is 5.41 Å². The van der Waals surface area contributed by atoms with Crippen molar-refractivity contribution >= 4 is 0 Å². The first-order valence-electron chi connectivity index (χ1n) is 8.00. The maximum Gasteiger partial charge on any atom is 0.0652 e. The summed E-state index contributed by atoms with van der Waals surface area (Å²) in [4.78, 5) is 0. The van der Waals surface area contributed by atoms with Crippen LogP contribution in [0.5, 0.6) is 0 Å². The van der Waals surface area contributed by atoms with Gasteiger partial charge < -0.3 is 15.8 Å². The molecule has 0 aromatic rings. The van der Waals surface area contributed by atoms with E-state index in [2.05, 4.69) is 19.2 Å². The SMILES string of the molecule is COC1CC(NCC2(CN)CCCCCC2)C1(C)C. The summed E-state index contributed by atoms with van der Waals surface area (Å²) in [6.45, 7) is 6.55. The molecule has 2 atom stereocenters. The Morgan fingerprint density at radius 3 is 2.26 bits per heavy atom. The van der Waals surface area contributed by atoms with Gasteiger partial charge in [0.15, 0.2) is 0 Å². The topological polar surface area (TPSA) is 47.3 Å². The fourth-order valence-corrected chi connectivity index (χ4v) is 3.90. The first kappa shape index (κ1) is 15.3. The van der Waals surface area contributed by atoms with Gasteiger partial charge in [0, 0.05) is 25.1 Å². The summed E-state index contributed by atoms with van der Waals surface area (Å²) in [5.74, 6) is 0. The van der Waals surface area contributed by atoms with Crippen LogP contribution in [0.25, 0.3) is 0 Å². The fraction of sp³-hybridized carbons (Fsp3) is 1.00. The molecule has 2 saturated carbocycles. The molecule has 2 aliphatic carbocycles. The molecule has 2 aliphatic rings. The Hall–Kier alpha value is -0.120. The van der Waals surface area contributed by atoms with Crippen molar-refractivity contribution < 1.29 is 4.74 Å². The molecule has 0 spiro atoms. The quantitative estimate of drug-likeness (QED) is 0.754. The third kappa shape index (κ3) is 3.14. The predicted octanol–water partition coefficient (Wildman–Crippen LogP) is 2.69. The largest absolute Gasteiger partial charge is 0.381 e. The molecule has 3 nitrogen and oxygen atoms in total. The monoisotopic (exact) mass is 268 g/mol. The second-order valence-corrected chi connectivity index (χ2v) is 7.33. The zero-order chi connectivity index (χ0) is 13.9. The van der Waals surface area contributed by atoms with Crippen LogP contribution in [0, 0.1) is 10.8 Å². The van der Waals surface area contributed by atoms with Crippen molar-refractivity contribution in [1.29, 1.82) is 0 Å². The molecule has 19 heavy (non-hydrogen) atoms. The Balaban J connectivity index is 1.86. The molecule has 0 saturated heterocycles. The van der Waals surface area contributed by atoms with Crippen molar-refractivity contribution in [1.82, 2.24) is 5.32 Å². The predicted molar refractivity (Wildman–Crippen MR) is 80.2 cm³/mol. The second-order valence-electron chi connectivity index (χ2n) is 7.33. The molecular formula is C16H32N2O. The molecule has 0 aromatic carbocycles. The van der Waals surface area contributed by atoms with E-state index in [0.29, 0.717) is 17.6 Å². The minimum absolute atomic E-state index is 0.259. The van der Waals surface area contributed by atoms with E-state index in [9.17, 15) is 0 Å². The van der Waals surface area contributed by atoms with Gasteiger partial charge in [0.1, 0.15) is 0 Å². The average molecular weight is 268 g/mol. The van der Waals surface area contributed by atoms with Crippen LogP contribution in [-0.4, -0.2) is 32.3 Å². The minimum atomic E-state index is 0.259. The van der Waals surface area contributed by atoms with E-state index in [1.807, 2.05) is 7.11 Å². The Morgan fingerprint density at radius 2 is 1.79 bits per heavy atom. The first-order chi connectivity index (χ1) is 9.04. The van der Waals surface area contributed by atoms with Gasteiger partial charge in [-0.3, -0.25) is 0 Å². The molecule has 0 aromatic heterocycles. The molecule has 0 aliphatic heterocycles. The lowest BCUT2D eigenvalue weighted by Gasteiger charge is -2.52. The number of nitrogens with one attached hydrogen (secondary N) is 1. The lowest BCUT2D eigenvalue weighted by molar-refractivity contribution is -0.0996. The lowest BCUT2D eigenvalue weighted by Crippen LogP contribution is -2.62. The molecule has 2 fully saturated rings. The van der Waals surface area contributed by atoms with Gasteiger partial charge in [-0.05, 0) is 31.2 Å². The molecule has 3 N–H and O–H groups in total. The van der Waals surface area contributed by atoms with Gasteiger partial charge in [0.05, 0.1) is 6.10 Å². The van der Waals surface area contributed by atoms with Crippen molar-refractivity contribution in [2.75, 3.05) is 20.2 Å². The highest BCUT2D eigenvalue weighted by Gasteiger charge is 2.48.